The van der Waals surface area contributed by atoms with Crippen LogP contribution in [0.4, 0.5) is 0 Å². The van der Waals surface area contributed by atoms with Gasteiger partial charge in [0.2, 0.25) is 0 Å². The molecule has 0 radical (unpaired) electrons. The normalized spacial score (nSPS) is 10.8. The monoisotopic (exact) mass is 290 g/mol. The molecule has 0 bridgehead atoms. The smallest absolute Gasteiger partial charge is 0.328 e. The van der Waals surface area contributed by atoms with E-state index in [1.165, 1.54) is 6.08 Å². The number of H-pyrrole nitrogens is 1. The number of carbonyl (C=O) groups is 1. The van der Waals surface area contributed by atoms with Crippen LogP contribution >= 0.6 is 11.8 Å². The van der Waals surface area contributed by atoms with Crippen LogP contribution < -0.4 is 4.74 Å². The lowest BCUT2D eigenvalue weighted by Gasteiger charge is -2.05. The van der Waals surface area contributed by atoms with Crippen molar-refractivity contribution in [1.29, 1.82) is 0 Å². The van der Waals surface area contributed by atoms with E-state index in [4.69, 9.17) is 9.84 Å². The molecule has 6 heteroatoms. The predicted molar refractivity (Wildman–Crippen MR) is 77.9 cm³/mol. The largest absolute Gasteiger partial charge is 0.493 e. The molecule has 0 amide bonds. The second-order valence-corrected chi connectivity index (χ2v) is 4.92. The summed E-state index contributed by atoms with van der Waals surface area (Å²) in [4.78, 5) is 17.6. The summed E-state index contributed by atoms with van der Waals surface area (Å²) in [7, 11) is 0. The van der Waals surface area contributed by atoms with Gasteiger partial charge in [-0.3, -0.25) is 0 Å². The number of aliphatic carboxylic acids is 1. The molecule has 0 spiro atoms. The third-order valence-corrected chi connectivity index (χ3v) is 3.21. The lowest BCUT2D eigenvalue weighted by Crippen LogP contribution is -2.00. The number of thioether (sulfide) groups is 1. The van der Waals surface area contributed by atoms with Crippen LogP contribution in [0, 0.1) is 0 Å². The van der Waals surface area contributed by atoms with Gasteiger partial charge in [0.25, 0.3) is 0 Å². The minimum atomic E-state index is -0.967. The van der Waals surface area contributed by atoms with E-state index in [0.717, 1.165) is 28.3 Å². The summed E-state index contributed by atoms with van der Waals surface area (Å²) in [6.07, 6.45) is 6.13. The number of nitrogens with one attached hydrogen (secondary N) is 1. The first-order valence-corrected chi connectivity index (χ1v) is 6.98. The SMILES string of the molecule is O=C(O)/C=C/c1cccc(OCCSc2ncc[nH]2)c1. The van der Waals surface area contributed by atoms with Gasteiger partial charge < -0.3 is 14.8 Å². The highest BCUT2D eigenvalue weighted by Crippen LogP contribution is 2.16. The Labute approximate surface area is 120 Å². The maximum Gasteiger partial charge on any atom is 0.328 e. The molecule has 2 rings (SSSR count). The third-order valence-electron chi connectivity index (χ3n) is 2.34. The van der Waals surface area contributed by atoms with E-state index < -0.39 is 5.97 Å². The topological polar surface area (TPSA) is 75.2 Å². The fourth-order valence-corrected chi connectivity index (χ4v) is 2.15. The Hall–Kier alpha value is -2.21. The van der Waals surface area contributed by atoms with Crippen LogP contribution in [0.1, 0.15) is 5.56 Å². The molecular weight excluding hydrogens is 276 g/mol. The zero-order valence-electron chi connectivity index (χ0n) is 10.7. The molecule has 1 aromatic heterocycles. The number of aromatic nitrogens is 2. The Balaban J connectivity index is 1.80. The van der Waals surface area contributed by atoms with Gasteiger partial charge in [-0.25, -0.2) is 9.78 Å². The third kappa shape index (κ3) is 4.81. The molecule has 0 unspecified atom stereocenters. The maximum atomic E-state index is 10.5. The van der Waals surface area contributed by atoms with Gasteiger partial charge in [0.05, 0.1) is 6.61 Å². The van der Waals surface area contributed by atoms with Gasteiger partial charge in [-0.15, -0.1) is 0 Å². The molecule has 0 atom stereocenters. The summed E-state index contributed by atoms with van der Waals surface area (Å²) in [5.74, 6) is 0.534. The summed E-state index contributed by atoms with van der Waals surface area (Å²) in [6.45, 7) is 0.553. The number of benzene rings is 1. The van der Waals surface area contributed by atoms with Crippen LogP contribution in [0.2, 0.25) is 0 Å². The minimum Gasteiger partial charge on any atom is -0.493 e. The zero-order chi connectivity index (χ0) is 14.2. The fraction of sp³-hybridized carbons (Fsp3) is 0.143. The summed E-state index contributed by atoms with van der Waals surface area (Å²) in [6, 6.07) is 7.30. The number of ether oxygens (including phenoxy) is 1. The van der Waals surface area contributed by atoms with Gasteiger partial charge in [0, 0.05) is 24.2 Å². The zero-order valence-corrected chi connectivity index (χ0v) is 11.5. The molecule has 104 valence electrons. The second-order valence-electron chi connectivity index (χ2n) is 3.84. The lowest BCUT2D eigenvalue weighted by atomic mass is 10.2. The molecule has 0 saturated carbocycles. The summed E-state index contributed by atoms with van der Waals surface area (Å²) >= 11 is 1.58. The molecule has 0 aliphatic carbocycles. The van der Waals surface area contributed by atoms with Crippen molar-refractivity contribution in [2.75, 3.05) is 12.4 Å². The van der Waals surface area contributed by atoms with Crippen molar-refractivity contribution in [3.05, 3.63) is 48.3 Å². The van der Waals surface area contributed by atoms with E-state index in [1.54, 1.807) is 30.2 Å². The molecule has 5 nitrogen and oxygen atoms in total. The van der Waals surface area contributed by atoms with Crippen molar-refractivity contribution in [3.8, 4) is 5.75 Å². The first-order chi connectivity index (χ1) is 9.74. The maximum absolute atomic E-state index is 10.5. The van der Waals surface area contributed by atoms with Gasteiger partial charge in [0.15, 0.2) is 5.16 Å². The highest BCUT2D eigenvalue weighted by molar-refractivity contribution is 7.99. The Morgan fingerprint density at radius 2 is 2.40 bits per heavy atom. The number of imidazole rings is 1. The highest BCUT2D eigenvalue weighted by atomic mass is 32.2. The minimum absolute atomic E-state index is 0.553. The van der Waals surface area contributed by atoms with Crippen LogP contribution in [0.3, 0.4) is 0 Å². The molecular formula is C14H14N2O3S. The number of hydrogen-bond acceptors (Lipinski definition) is 4. The van der Waals surface area contributed by atoms with Crippen LogP contribution in [-0.4, -0.2) is 33.4 Å². The molecule has 0 aliphatic heterocycles. The quantitative estimate of drug-likeness (QED) is 0.466. The average Bonchev–Trinajstić information content (AvgIpc) is 2.95. The van der Waals surface area contributed by atoms with Gasteiger partial charge in [-0.05, 0) is 23.8 Å². The Kier molecular flexibility index (Phi) is 5.25. The van der Waals surface area contributed by atoms with Gasteiger partial charge in [-0.1, -0.05) is 23.9 Å². The number of carboxylic acids is 1. The number of rotatable bonds is 7. The molecule has 2 N–H and O–H groups in total. The summed E-state index contributed by atoms with van der Waals surface area (Å²) < 4.78 is 5.61. The number of hydrogen-bond donors (Lipinski definition) is 2. The van der Waals surface area contributed by atoms with E-state index >= 15 is 0 Å². The van der Waals surface area contributed by atoms with Crippen LogP contribution in [0.15, 0.2) is 47.9 Å². The molecule has 1 aromatic carbocycles. The van der Waals surface area contributed by atoms with Crippen molar-refractivity contribution in [2.45, 2.75) is 5.16 Å². The Bertz CT molecular complexity index is 582. The average molecular weight is 290 g/mol. The molecule has 2 aromatic rings. The van der Waals surface area contributed by atoms with Crippen LogP contribution in [0.5, 0.6) is 5.75 Å². The van der Waals surface area contributed by atoms with E-state index in [2.05, 4.69) is 9.97 Å². The Morgan fingerprint density at radius 1 is 1.50 bits per heavy atom. The summed E-state index contributed by atoms with van der Waals surface area (Å²) in [5, 5.41) is 9.45. The van der Waals surface area contributed by atoms with E-state index in [-0.39, 0.29) is 0 Å². The van der Waals surface area contributed by atoms with Gasteiger partial charge in [0.1, 0.15) is 5.75 Å². The molecule has 0 saturated heterocycles. The summed E-state index contributed by atoms with van der Waals surface area (Å²) in [5.41, 5.74) is 0.795. The predicted octanol–water partition coefficient (Wildman–Crippen LogP) is 2.68. The van der Waals surface area contributed by atoms with Crippen LogP contribution in [0.25, 0.3) is 6.08 Å². The number of aromatic amines is 1. The van der Waals surface area contributed by atoms with Crippen molar-refractivity contribution < 1.29 is 14.6 Å². The highest BCUT2D eigenvalue weighted by Gasteiger charge is 1.98. The molecule has 0 aliphatic rings. The number of nitrogens with zero attached hydrogens (tertiary/aromatic N) is 1. The van der Waals surface area contributed by atoms with E-state index in [1.807, 2.05) is 18.2 Å². The van der Waals surface area contributed by atoms with Crippen molar-refractivity contribution >= 4 is 23.8 Å². The van der Waals surface area contributed by atoms with Crippen molar-refractivity contribution in [2.24, 2.45) is 0 Å². The first kappa shape index (κ1) is 14.2. The fourth-order valence-electron chi connectivity index (χ4n) is 1.50. The van der Waals surface area contributed by atoms with E-state index in [0.29, 0.717) is 6.61 Å². The van der Waals surface area contributed by atoms with Crippen molar-refractivity contribution in [1.82, 2.24) is 9.97 Å². The van der Waals surface area contributed by atoms with Gasteiger partial charge >= 0.3 is 5.97 Å². The molecule has 20 heavy (non-hydrogen) atoms. The van der Waals surface area contributed by atoms with E-state index in [9.17, 15) is 4.79 Å². The second kappa shape index (κ2) is 7.40. The van der Waals surface area contributed by atoms with Crippen molar-refractivity contribution in [3.63, 3.8) is 0 Å². The number of carboxylic acid groups (broad SMARTS) is 1. The molecule has 0 fully saturated rings. The molecule has 1 heterocycles. The first-order valence-electron chi connectivity index (χ1n) is 6.00. The van der Waals surface area contributed by atoms with Crippen LogP contribution in [-0.2, 0) is 4.79 Å². The van der Waals surface area contributed by atoms with Gasteiger partial charge in [-0.2, -0.15) is 0 Å². The standard InChI is InChI=1S/C14H14N2O3S/c17-13(18)5-4-11-2-1-3-12(10-11)19-8-9-20-14-15-6-7-16-14/h1-7,10H,8-9H2,(H,15,16)(H,17,18)/b5-4+. The lowest BCUT2D eigenvalue weighted by molar-refractivity contribution is -0.131. The Morgan fingerprint density at radius 3 is 3.15 bits per heavy atom.